The lowest BCUT2D eigenvalue weighted by Gasteiger charge is -2.05. The molecule has 0 saturated carbocycles. The molecule has 0 aliphatic carbocycles. The van der Waals surface area contributed by atoms with E-state index in [-0.39, 0.29) is 5.56 Å². The summed E-state index contributed by atoms with van der Waals surface area (Å²) < 4.78 is 0. The minimum Gasteiger partial charge on any atom is -0.478 e. The van der Waals surface area contributed by atoms with Crippen LogP contribution in [-0.2, 0) is 0 Å². The lowest BCUT2D eigenvalue weighted by Crippen LogP contribution is -2.00. The maximum Gasteiger partial charge on any atom is 0.336 e. The lowest BCUT2D eigenvalue weighted by molar-refractivity contribution is 0.0699. The van der Waals surface area contributed by atoms with Crippen LogP contribution in [0, 0.1) is 0 Å². The summed E-state index contributed by atoms with van der Waals surface area (Å²) in [4.78, 5) is 15.9. The molecule has 0 spiro atoms. The number of aromatic carboxylic acids is 1. The van der Waals surface area contributed by atoms with E-state index in [2.05, 4.69) is 4.98 Å². The van der Waals surface area contributed by atoms with Gasteiger partial charge in [-0.25, -0.2) is 9.78 Å². The monoisotopic (exact) mass is 343 g/mol. The fraction of sp³-hybridized carbons (Fsp3) is 0. The average molecular weight is 344 g/mol. The SMILES string of the molecule is O=C(O)c1cc(/C=C/c2c(Cl)cccc2Cl)nc2ccccc12. The average Bonchev–Trinajstić information content (AvgIpc) is 2.53. The zero-order valence-electron chi connectivity index (χ0n) is 11.8. The molecule has 114 valence electrons. The van der Waals surface area contributed by atoms with E-state index in [1.54, 1.807) is 48.6 Å². The number of carboxylic acid groups (broad SMARTS) is 1. The molecular weight excluding hydrogens is 333 g/mol. The van der Waals surface area contributed by atoms with E-state index in [0.29, 0.717) is 32.2 Å². The van der Waals surface area contributed by atoms with Gasteiger partial charge in [-0.2, -0.15) is 0 Å². The smallest absolute Gasteiger partial charge is 0.336 e. The highest BCUT2D eigenvalue weighted by molar-refractivity contribution is 6.37. The van der Waals surface area contributed by atoms with Crippen LogP contribution in [0.1, 0.15) is 21.6 Å². The van der Waals surface area contributed by atoms with E-state index in [1.807, 2.05) is 6.07 Å². The van der Waals surface area contributed by atoms with E-state index in [0.717, 1.165) is 0 Å². The molecule has 0 unspecified atom stereocenters. The summed E-state index contributed by atoms with van der Waals surface area (Å²) in [6.07, 6.45) is 3.43. The van der Waals surface area contributed by atoms with Crippen molar-refractivity contribution < 1.29 is 9.90 Å². The topological polar surface area (TPSA) is 50.2 Å². The third-order valence-corrected chi connectivity index (χ3v) is 4.05. The Balaban J connectivity index is 2.10. The van der Waals surface area contributed by atoms with Crippen molar-refractivity contribution >= 4 is 52.2 Å². The molecule has 0 aliphatic rings. The Hall–Kier alpha value is -2.36. The third-order valence-electron chi connectivity index (χ3n) is 3.39. The number of aromatic nitrogens is 1. The number of hydrogen-bond acceptors (Lipinski definition) is 2. The molecule has 3 nitrogen and oxygen atoms in total. The molecule has 2 aromatic carbocycles. The number of fused-ring (bicyclic) bond motifs is 1. The number of pyridine rings is 1. The van der Waals surface area contributed by atoms with Crippen LogP contribution in [0.5, 0.6) is 0 Å². The first kappa shape index (κ1) is 15.5. The molecule has 0 bridgehead atoms. The molecule has 0 atom stereocenters. The molecule has 3 rings (SSSR count). The molecule has 0 fully saturated rings. The second kappa shape index (κ2) is 6.41. The Kier molecular flexibility index (Phi) is 4.33. The summed E-state index contributed by atoms with van der Waals surface area (Å²) in [6, 6.07) is 13.9. The molecule has 0 aliphatic heterocycles. The quantitative estimate of drug-likeness (QED) is 0.691. The molecule has 3 aromatic rings. The van der Waals surface area contributed by atoms with Gasteiger partial charge in [-0.15, -0.1) is 0 Å². The number of halogens is 2. The number of rotatable bonds is 3. The van der Waals surface area contributed by atoms with Crippen molar-refractivity contribution in [1.29, 1.82) is 0 Å². The van der Waals surface area contributed by atoms with E-state index in [9.17, 15) is 9.90 Å². The van der Waals surface area contributed by atoms with E-state index in [4.69, 9.17) is 23.2 Å². The Morgan fingerprint density at radius 1 is 1.00 bits per heavy atom. The molecule has 1 aromatic heterocycles. The van der Waals surface area contributed by atoms with Crippen molar-refractivity contribution in [1.82, 2.24) is 4.98 Å². The minimum atomic E-state index is -0.992. The van der Waals surface area contributed by atoms with Crippen molar-refractivity contribution in [2.75, 3.05) is 0 Å². The maximum atomic E-state index is 11.5. The van der Waals surface area contributed by atoms with E-state index in [1.165, 1.54) is 6.07 Å². The van der Waals surface area contributed by atoms with Crippen molar-refractivity contribution in [2.45, 2.75) is 0 Å². The van der Waals surface area contributed by atoms with Crippen LogP contribution in [0.4, 0.5) is 0 Å². The molecule has 1 N–H and O–H groups in total. The van der Waals surface area contributed by atoms with Crippen molar-refractivity contribution in [2.24, 2.45) is 0 Å². The van der Waals surface area contributed by atoms with Crippen LogP contribution in [0.15, 0.2) is 48.5 Å². The molecule has 1 heterocycles. The van der Waals surface area contributed by atoms with Gasteiger partial charge in [0.25, 0.3) is 0 Å². The van der Waals surface area contributed by atoms with Crippen molar-refractivity contribution in [3.05, 3.63) is 75.4 Å². The number of carbonyl (C=O) groups is 1. The molecule has 0 amide bonds. The van der Waals surface area contributed by atoms with Crippen LogP contribution in [0.2, 0.25) is 10.0 Å². The predicted molar refractivity (Wildman–Crippen MR) is 94.1 cm³/mol. The largest absolute Gasteiger partial charge is 0.478 e. The summed E-state index contributed by atoms with van der Waals surface area (Å²) in [6.45, 7) is 0. The van der Waals surface area contributed by atoms with E-state index >= 15 is 0 Å². The number of para-hydroxylation sites is 1. The zero-order chi connectivity index (χ0) is 16.4. The zero-order valence-corrected chi connectivity index (χ0v) is 13.3. The number of hydrogen-bond donors (Lipinski definition) is 1. The van der Waals surface area contributed by atoms with E-state index < -0.39 is 5.97 Å². The highest BCUT2D eigenvalue weighted by Crippen LogP contribution is 2.27. The van der Waals surface area contributed by atoms with Crippen LogP contribution >= 0.6 is 23.2 Å². The second-order valence-corrected chi connectivity index (χ2v) is 5.70. The molecule has 0 saturated heterocycles. The molecule has 0 radical (unpaired) electrons. The number of nitrogens with zero attached hydrogens (tertiary/aromatic N) is 1. The van der Waals surface area contributed by atoms with Crippen molar-refractivity contribution in [3.8, 4) is 0 Å². The van der Waals surface area contributed by atoms with Gasteiger partial charge in [0, 0.05) is 21.0 Å². The Morgan fingerprint density at radius 3 is 2.39 bits per heavy atom. The Labute approximate surface area is 142 Å². The first-order valence-electron chi connectivity index (χ1n) is 6.81. The van der Waals surface area contributed by atoms with Crippen LogP contribution < -0.4 is 0 Å². The standard InChI is InChI=1S/C18H11Cl2NO2/c19-15-5-3-6-16(20)13(15)9-8-11-10-14(18(22)23)12-4-1-2-7-17(12)21-11/h1-10H,(H,22,23)/b9-8+. The Bertz CT molecular complexity index is 915. The van der Waals surface area contributed by atoms with Gasteiger partial charge in [0.05, 0.1) is 16.8 Å². The maximum absolute atomic E-state index is 11.5. The highest BCUT2D eigenvalue weighted by Gasteiger charge is 2.10. The molecular formula is C18H11Cl2NO2. The van der Waals surface area contributed by atoms with Gasteiger partial charge in [0.15, 0.2) is 0 Å². The van der Waals surface area contributed by atoms with Gasteiger partial charge in [0.1, 0.15) is 0 Å². The van der Waals surface area contributed by atoms with Gasteiger partial charge in [-0.3, -0.25) is 0 Å². The minimum absolute atomic E-state index is 0.209. The normalized spacial score (nSPS) is 11.2. The molecule has 23 heavy (non-hydrogen) atoms. The third kappa shape index (κ3) is 3.21. The second-order valence-electron chi connectivity index (χ2n) is 4.89. The first-order chi connectivity index (χ1) is 11.1. The van der Waals surface area contributed by atoms with Gasteiger partial charge in [-0.05, 0) is 36.4 Å². The van der Waals surface area contributed by atoms with Crippen LogP contribution in [-0.4, -0.2) is 16.1 Å². The van der Waals surface area contributed by atoms with Gasteiger partial charge >= 0.3 is 5.97 Å². The predicted octanol–water partition coefficient (Wildman–Crippen LogP) is 5.41. The lowest BCUT2D eigenvalue weighted by atomic mass is 10.1. The Morgan fingerprint density at radius 2 is 1.70 bits per heavy atom. The fourth-order valence-corrected chi connectivity index (χ4v) is 2.82. The fourth-order valence-electron chi connectivity index (χ4n) is 2.30. The van der Waals surface area contributed by atoms with Crippen LogP contribution in [0.3, 0.4) is 0 Å². The summed E-state index contributed by atoms with van der Waals surface area (Å²) >= 11 is 12.2. The summed E-state index contributed by atoms with van der Waals surface area (Å²) in [5.74, 6) is -0.992. The summed E-state index contributed by atoms with van der Waals surface area (Å²) in [5.41, 5.74) is 2.03. The number of carboxylic acids is 1. The first-order valence-corrected chi connectivity index (χ1v) is 7.57. The van der Waals surface area contributed by atoms with Gasteiger partial charge in [0.2, 0.25) is 0 Å². The summed E-state index contributed by atoms with van der Waals surface area (Å²) in [5, 5.41) is 11.0. The highest BCUT2D eigenvalue weighted by atomic mass is 35.5. The summed E-state index contributed by atoms with van der Waals surface area (Å²) in [7, 11) is 0. The molecule has 5 heteroatoms. The van der Waals surface area contributed by atoms with Gasteiger partial charge < -0.3 is 5.11 Å². The number of benzene rings is 2. The van der Waals surface area contributed by atoms with Gasteiger partial charge in [-0.1, -0.05) is 47.5 Å². The van der Waals surface area contributed by atoms with Crippen LogP contribution in [0.25, 0.3) is 23.1 Å². The van der Waals surface area contributed by atoms with Crippen molar-refractivity contribution in [3.63, 3.8) is 0 Å².